The van der Waals surface area contributed by atoms with Crippen molar-refractivity contribution < 1.29 is 14.7 Å². The van der Waals surface area contributed by atoms with E-state index in [9.17, 15) is 9.59 Å². The molecule has 0 radical (unpaired) electrons. The summed E-state index contributed by atoms with van der Waals surface area (Å²) in [6.45, 7) is 0. The van der Waals surface area contributed by atoms with Crippen molar-refractivity contribution in [2.24, 2.45) is 5.10 Å². The molecule has 3 rings (SSSR count). The molecule has 0 aliphatic carbocycles. The lowest BCUT2D eigenvalue weighted by molar-refractivity contribution is -0.141. The van der Waals surface area contributed by atoms with E-state index in [-0.39, 0.29) is 24.8 Å². The average Bonchev–Trinajstić information content (AvgIpc) is 3.22. The maximum atomic E-state index is 12.4. The van der Waals surface area contributed by atoms with Gasteiger partial charge in [0, 0.05) is 22.7 Å². The van der Waals surface area contributed by atoms with Crippen molar-refractivity contribution in [2.75, 3.05) is 0 Å². The fourth-order valence-electron chi connectivity index (χ4n) is 2.59. The Morgan fingerprint density at radius 1 is 1.25 bits per heavy atom. The standard InChI is InChI=1S/C17H15ClN2O3S/c18-12-5-3-11(4-6-12)13-10-14(15-2-1-9-24-15)20(19-13)16(21)7-8-17(22)23/h1-6,9,14H,7-8,10H2,(H,22,23). The van der Waals surface area contributed by atoms with Crippen molar-refractivity contribution in [3.8, 4) is 0 Å². The molecule has 0 fully saturated rings. The smallest absolute Gasteiger partial charge is 0.303 e. The molecule has 1 N–H and O–H groups in total. The van der Waals surface area contributed by atoms with Gasteiger partial charge in [-0.25, -0.2) is 5.01 Å². The number of carboxylic acids is 1. The van der Waals surface area contributed by atoms with Crippen LogP contribution >= 0.6 is 22.9 Å². The minimum Gasteiger partial charge on any atom is -0.481 e. The van der Waals surface area contributed by atoms with E-state index in [0.717, 1.165) is 16.2 Å². The Bertz CT molecular complexity index is 772. The van der Waals surface area contributed by atoms with Crippen molar-refractivity contribution in [3.05, 3.63) is 57.2 Å². The molecule has 0 spiro atoms. The quantitative estimate of drug-likeness (QED) is 0.875. The molecule has 124 valence electrons. The second-order valence-electron chi connectivity index (χ2n) is 5.42. The molecule has 2 aromatic rings. The molecule has 1 aromatic carbocycles. The maximum Gasteiger partial charge on any atom is 0.303 e. The Balaban J connectivity index is 1.86. The number of rotatable bonds is 5. The Morgan fingerprint density at radius 2 is 2.00 bits per heavy atom. The predicted molar refractivity (Wildman–Crippen MR) is 93.4 cm³/mol. The zero-order valence-corrected chi connectivity index (χ0v) is 14.3. The van der Waals surface area contributed by atoms with Crippen LogP contribution in [-0.2, 0) is 9.59 Å². The molecule has 1 aliphatic rings. The first kappa shape index (κ1) is 16.7. The lowest BCUT2D eigenvalue weighted by atomic mass is 10.0. The number of hydrogen-bond donors (Lipinski definition) is 1. The number of halogens is 1. The third-order valence-corrected chi connectivity index (χ3v) is 4.99. The largest absolute Gasteiger partial charge is 0.481 e. The van der Waals surface area contributed by atoms with Gasteiger partial charge in [0.2, 0.25) is 5.91 Å². The van der Waals surface area contributed by atoms with Crippen LogP contribution in [0, 0.1) is 0 Å². The lowest BCUT2D eigenvalue weighted by Gasteiger charge is -2.20. The van der Waals surface area contributed by atoms with Crippen molar-refractivity contribution in [2.45, 2.75) is 25.3 Å². The molecule has 24 heavy (non-hydrogen) atoms. The number of thiophene rings is 1. The summed E-state index contributed by atoms with van der Waals surface area (Å²) in [6.07, 6.45) is 0.341. The predicted octanol–water partition coefficient (Wildman–Crippen LogP) is 3.94. The third-order valence-electron chi connectivity index (χ3n) is 3.77. The highest BCUT2D eigenvalue weighted by Gasteiger charge is 2.33. The summed E-state index contributed by atoms with van der Waals surface area (Å²) in [7, 11) is 0. The van der Waals surface area contributed by atoms with Gasteiger partial charge in [0.1, 0.15) is 0 Å². The highest BCUT2D eigenvalue weighted by molar-refractivity contribution is 7.10. The Labute approximate surface area is 148 Å². The summed E-state index contributed by atoms with van der Waals surface area (Å²) in [5, 5.41) is 17.3. The van der Waals surface area contributed by atoms with Gasteiger partial charge in [-0.05, 0) is 29.1 Å². The van der Waals surface area contributed by atoms with Crippen molar-refractivity contribution in [3.63, 3.8) is 0 Å². The number of carboxylic acid groups (broad SMARTS) is 1. The van der Waals surface area contributed by atoms with E-state index in [1.807, 2.05) is 29.6 Å². The average molecular weight is 363 g/mol. The number of aliphatic carboxylic acids is 1. The first-order valence-corrected chi connectivity index (χ1v) is 8.71. The molecule has 1 aromatic heterocycles. The summed E-state index contributed by atoms with van der Waals surface area (Å²) in [5.41, 5.74) is 1.71. The molecule has 1 unspecified atom stereocenters. The minimum atomic E-state index is -0.989. The molecule has 5 nitrogen and oxygen atoms in total. The first-order chi connectivity index (χ1) is 11.5. The summed E-state index contributed by atoms with van der Waals surface area (Å²) in [5.74, 6) is -1.27. The number of hydrogen-bond acceptors (Lipinski definition) is 4. The van der Waals surface area contributed by atoms with Gasteiger partial charge in [0.05, 0.1) is 18.2 Å². The van der Waals surface area contributed by atoms with Gasteiger partial charge in [-0.2, -0.15) is 5.10 Å². The number of carbonyl (C=O) groups is 2. The van der Waals surface area contributed by atoms with Gasteiger partial charge in [0.15, 0.2) is 0 Å². The molecule has 2 heterocycles. The summed E-state index contributed by atoms with van der Waals surface area (Å²) in [4.78, 5) is 24.2. The summed E-state index contributed by atoms with van der Waals surface area (Å²) < 4.78 is 0. The van der Waals surface area contributed by atoms with E-state index in [2.05, 4.69) is 5.10 Å². The highest BCUT2D eigenvalue weighted by Crippen LogP contribution is 2.35. The van der Waals surface area contributed by atoms with E-state index in [1.165, 1.54) is 5.01 Å². The van der Waals surface area contributed by atoms with Gasteiger partial charge in [-0.15, -0.1) is 11.3 Å². The van der Waals surface area contributed by atoms with Gasteiger partial charge < -0.3 is 5.11 Å². The molecule has 0 saturated heterocycles. The second kappa shape index (κ2) is 7.15. The number of hydrazone groups is 1. The van der Waals surface area contributed by atoms with Crippen LogP contribution in [0.15, 0.2) is 46.9 Å². The van der Waals surface area contributed by atoms with Gasteiger partial charge >= 0.3 is 5.97 Å². The normalized spacial score (nSPS) is 17.0. The van der Waals surface area contributed by atoms with Crippen LogP contribution in [0.4, 0.5) is 0 Å². The monoisotopic (exact) mass is 362 g/mol. The number of benzene rings is 1. The minimum absolute atomic E-state index is 0.0609. The van der Waals surface area contributed by atoms with Crippen molar-refractivity contribution in [1.29, 1.82) is 0 Å². The topological polar surface area (TPSA) is 70.0 Å². The Morgan fingerprint density at radius 3 is 2.62 bits per heavy atom. The van der Waals surface area contributed by atoms with Crippen LogP contribution in [0.25, 0.3) is 0 Å². The molecule has 0 saturated carbocycles. The van der Waals surface area contributed by atoms with Crippen molar-refractivity contribution in [1.82, 2.24) is 5.01 Å². The first-order valence-electron chi connectivity index (χ1n) is 7.45. The molecule has 1 aliphatic heterocycles. The van der Waals surface area contributed by atoms with Gasteiger partial charge in [-0.1, -0.05) is 29.8 Å². The number of amides is 1. The fraction of sp³-hybridized carbons (Fsp3) is 0.235. The maximum absolute atomic E-state index is 12.4. The Hall–Kier alpha value is -2.18. The van der Waals surface area contributed by atoms with Crippen LogP contribution in [0.2, 0.25) is 5.02 Å². The van der Waals surface area contributed by atoms with E-state index in [1.54, 1.807) is 23.5 Å². The molecular formula is C17H15ClN2O3S. The molecule has 7 heteroatoms. The van der Waals surface area contributed by atoms with Crippen LogP contribution in [0.5, 0.6) is 0 Å². The zero-order chi connectivity index (χ0) is 17.1. The molecular weight excluding hydrogens is 348 g/mol. The zero-order valence-electron chi connectivity index (χ0n) is 12.7. The Kier molecular flexibility index (Phi) is 4.97. The van der Waals surface area contributed by atoms with Gasteiger partial charge in [-0.3, -0.25) is 9.59 Å². The van der Waals surface area contributed by atoms with Crippen LogP contribution in [0.3, 0.4) is 0 Å². The second-order valence-corrected chi connectivity index (χ2v) is 6.84. The van der Waals surface area contributed by atoms with E-state index < -0.39 is 5.97 Å². The molecule has 1 atom stereocenters. The van der Waals surface area contributed by atoms with Crippen LogP contribution in [-0.4, -0.2) is 27.7 Å². The number of nitrogens with zero attached hydrogens (tertiary/aromatic N) is 2. The summed E-state index contributed by atoms with van der Waals surface area (Å²) >= 11 is 7.48. The van der Waals surface area contributed by atoms with Gasteiger partial charge in [0.25, 0.3) is 0 Å². The highest BCUT2D eigenvalue weighted by atomic mass is 35.5. The number of carbonyl (C=O) groups excluding carboxylic acids is 1. The fourth-order valence-corrected chi connectivity index (χ4v) is 3.53. The van der Waals surface area contributed by atoms with Crippen LogP contribution in [0.1, 0.15) is 35.7 Å². The van der Waals surface area contributed by atoms with E-state index in [0.29, 0.717) is 11.4 Å². The molecule has 1 amide bonds. The summed E-state index contributed by atoms with van der Waals surface area (Å²) in [6, 6.07) is 11.0. The SMILES string of the molecule is O=C(O)CCC(=O)N1N=C(c2ccc(Cl)cc2)CC1c1cccs1. The lowest BCUT2D eigenvalue weighted by Crippen LogP contribution is -2.26. The van der Waals surface area contributed by atoms with Crippen LogP contribution < -0.4 is 0 Å². The van der Waals surface area contributed by atoms with E-state index >= 15 is 0 Å². The van der Waals surface area contributed by atoms with E-state index in [4.69, 9.17) is 16.7 Å². The van der Waals surface area contributed by atoms with Crippen molar-refractivity contribution >= 4 is 40.5 Å². The third kappa shape index (κ3) is 3.66. The molecule has 0 bridgehead atoms.